The van der Waals surface area contributed by atoms with Crippen LogP contribution in [0.1, 0.15) is 5.56 Å². The Bertz CT molecular complexity index is 534. The fourth-order valence-corrected chi connectivity index (χ4v) is 1.42. The van der Waals surface area contributed by atoms with E-state index in [1.807, 2.05) is 0 Å². The number of hydrogen-bond donors (Lipinski definition) is 4. The van der Waals surface area contributed by atoms with Crippen LogP contribution in [0.4, 0.5) is 18.9 Å². The molecule has 6 nitrogen and oxygen atoms in total. The van der Waals surface area contributed by atoms with Crippen LogP contribution in [0, 0.1) is 0 Å². The summed E-state index contributed by atoms with van der Waals surface area (Å²) in [4.78, 5) is 0. The fourth-order valence-electron chi connectivity index (χ4n) is 1.42. The third-order valence-electron chi connectivity index (χ3n) is 2.63. The van der Waals surface area contributed by atoms with Gasteiger partial charge in [0.05, 0.1) is 17.9 Å². The Morgan fingerprint density at radius 1 is 1.18 bits per heavy atom. The van der Waals surface area contributed by atoms with Gasteiger partial charge in [-0.3, -0.25) is 0 Å². The number of aliphatic hydroxyl groups is 4. The van der Waals surface area contributed by atoms with Crippen LogP contribution in [-0.2, 0) is 6.18 Å². The smallest absolute Gasteiger partial charge is 0.394 e. The monoisotopic (exact) mass is 320 g/mol. The van der Waals surface area contributed by atoms with Gasteiger partial charge in [0, 0.05) is 6.20 Å². The zero-order chi connectivity index (χ0) is 16.8. The van der Waals surface area contributed by atoms with E-state index in [1.54, 1.807) is 0 Å². The summed E-state index contributed by atoms with van der Waals surface area (Å²) in [7, 11) is 0. The number of nitrogens with zero attached hydrogens (tertiary/aromatic N) is 2. The molecule has 0 amide bonds. The highest BCUT2D eigenvalue weighted by molar-refractivity contribution is 5.40. The lowest BCUT2D eigenvalue weighted by atomic mass is 10.1. The van der Waals surface area contributed by atoms with Crippen molar-refractivity contribution in [3.8, 4) is 0 Å². The number of benzene rings is 1. The minimum Gasteiger partial charge on any atom is -0.394 e. The predicted molar refractivity (Wildman–Crippen MR) is 70.2 cm³/mol. The lowest BCUT2D eigenvalue weighted by Gasteiger charge is -2.18. The summed E-state index contributed by atoms with van der Waals surface area (Å²) in [5, 5.41) is 43.3. The molecule has 0 fully saturated rings. The Morgan fingerprint density at radius 2 is 1.86 bits per heavy atom. The van der Waals surface area contributed by atoms with E-state index in [4.69, 9.17) is 10.2 Å². The summed E-state index contributed by atoms with van der Waals surface area (Å²) in [6.07, 6.45) is -7.21. The average molecular weight is 320 g/mol. The zero-order valence-electron chi connectivity index (χ0n) is 11.2. The van der Waals surface area contributed by atoms with E-state index >= 15 is 0 Å². The SMILES string of the molecule is OC[C@@H](O)[C@@H](O)[C@H](O)/C=C/N=Nc1cccc(C(F)(F)F)c1. The second-order valence-electron chi connectivity index (χ2n) is 4.34. The van der Waals surface area contributed by atoms with Crippen LogP contribution < -0.4 is 0 Å². The molecule has 122 valence electrons. The van der Waals surface area contributed by atoms with Crippen LogP contribution in [0.3, 0.4) is 0 Å². The minimum absolute atomic E-state index is 0.0371. The predicted octanol–water partition coefficient (Wildman–Crippen LogP) is 1.38. The molecule has 0 unspecified atom stereocenters. The molecule has 0 radical (unpaired) electrons. The fraction of sp³-hybridized carbons (Fsp3) is 0.385. The molecule has 0 aliphatic rings. The maximum Gasteiger partial charge on any atom is 0.416 e. The quantitative estimate of drug-likeness (QED) is 0.594. The standard InChI is InChI=1S/C13H15F3N2O4/c14-13(15,16)8-2-1-3-9(6-8)18-17-5-4-10(20)12(22)11(21)7-19/h1-6,10-12,19-22H,7H2/b5-4+,18-17?/t10-,11-,12+/m1/s1. The van der Waals surface area contributed by atoms with Gasteiger partial charge in [-0.05, 0) is 24.3 Å². The summed E-state index contributed by atoms with van der Waals surface area (Å²) in [5.74, 6) is 0. The molecule has 0 aliphatic carbocycles. The number of halogens is 3. The van der Waals surface area contributed by atoms with Crippen molar-refractivity contribution in [1.82, 2.24) is 0 Å². The number of hydrogen-bond acceptors (Lipinski definition) is 6. The van der Waals surface area contributed by atoms with Crippen molar-refractivity contribution in [1.29, 1.82) is 0 Å². The van der Waals surface area contributed by atoms with Gasteiger partial charge >= 0.3 is 6.18 Å². The zero-order valence-corrected chi connectivity index (χ0v) is 11.2. The van der Waals surface area contributed by atoms with Crippen molar-refractivity contribution >= 4 is 5.69 Å². The first-order chi connectivity index (χ1) is 10.3. The Labute approximate surface area is 123 Å². The number of rotatable bonds is 6. The highest BCUT2D eigenvalue weighted by Crippen LogP contribution is 2.31. The van der Waals surface area contributed by atoms with Crippen LogP contribution in [0.2, 0.25) is 0 Å². The normalized spacial score (nSPS) is 17.0. The Hall–Kier alpha value is -1.81. The molecule has 1 aromatic carbocycles. The maximum atomic E-state index is 12.5. The van der Waals surface area contributed by atoms with Crippen LogP contribution in [-0.4, -0.2) is 45.3 Å². The van der Waals surface area contributed by atoms with Gasteiger partial charge in [0.25, 0.3) is 0 Å². The van der Waals surface area contributed by atoms with E-state index in [0.29, 0.717) is 0 Å². The summed E-state index contributed by atoms with van der Waals surface area (Å²) >= 11 is 0. The van der Waals surface area contributed by atoms with Gasteiger partial charge in [0.2, 0.25) is 0 Å². The summed E-state index contributed by atoms with van der Waals surface area (Å²) in [6, 6.07) is 4.19. The minimum atomic E-state index is -4.48. The van der Waals surface area contributed by atoms with Gasteiger partial charge in [-0.2, -0.15) is 23.4 Å². The molecule has 0 heterocycles. The van der Waals surface area contributed by atoms with E-state index in [0.717, 1.165) is 24.4 Å². The number of aliphatic hydroxyl groups excluding tert-OH is 4. The Morgan fingerprint density at radius 3 is 2.45 bits per heavy atom. The maximum absolute atomic E-state index is 12.5. The van der Waals surface area contributed by atoms with Gasteiger partial charge in [0.15, 0.2) is 0 Å². The second kappa shape index (κ2) is 7.99. The van der Waals surface area contributed by atoms with E-state index in [9.17, 15) is 23.4 Å². The molecule has 0 spiro atoms. The molecule has 0 saturated heterocycles. The van der Waals surface area contributed by atoms with E-state index in [2.05, 4.69) is 10.2 Å². The lowest BCUT2D eigenvalue weighted by molar-refractivity contribution is -0.137. The van der Waals surface area contributed by atoms with Gasteiger partial charge in [0.1, 0.15) is 18.3 Å². The van der Waals surface area contributed by atoms with Gasteiger partial charge in [-0.15, -0.1) is 0 Å². The molecular formula is C13H15F3N2O4. The molecule has 0 saturated carbocycles. The van der Waals surface area contributed by atoms with Crippen molar-refractivity contribution in [3.63, 3.8) is 0 Å². The molecule has 1 aromatic rings. The number of alkyl halides is 3. The summed E-state index contributed by atoms with van der Waals surface area (Å²) in [5.41, 5.74) is -0.903. The molecule has 22 heavy (non-hydrogen) atoms. The largest absolute Gasteiger partial charge is 0.416 e. The van der Waals surface area contributed by atoms with Crippen molar-refractivity contribution in [3.05, 3.63) is 42.1 Å². The third kappa shape index (κ3) is 5.53. The Kier molecular flexibility index (Phi) is 6.62. The molecule has 9 heteroatoms. The van der Waals surface area contributed by atoms with Crippen molar-refractivity contribution in [2.24, 2.45) is 10.2 Å². The molecule has 1 rings (SSSR count). The van der Waals surface area contributed by atoms with E-state index in [-0.39, 0.29) is 5.69 Å². The first-order valence-electron chi connectivity index (χ1n) is 6.15. The lowest BCUT2D eigenvalue weighted by Crippen LogP contribution is -2.38. The molecular weight excluding hydrogens is 305 g/mol. The van der Waals surface area contributed by atoms with Gasteiger partial charge in [-0.25, -0.2) is 0 Å². The molecule has 0 aromatic heterocycles. The first kappa shape index (κ1) is 18.2. The van der Waals surface area contributed by atoms with Gasteiger partial charge < -0.3 is 20.4 Å². The molecule has 4 N–H and O–H groups in total. The highest BCUT2D eigenvalue weighted by atomic mass is 19.4. The van der Waals surface area contributed by atoms with Crippen molar-refractivity contribution in [2.45, 2.75) is 24.5 Å². The molecule has 0 bridgehead atoms. The molecule has 3 atom stereocenters. The summed E-state index contributed by atoms with van der Waals surface area (Å²) in [6.45, 7) is -0.738. The van der Waals surface area contributed by atoms with E-state index < -0.39 is 36.7 Å². The van der Waals surface area contributed by atoms with Crippen LogP contribution >= 0.6 is 0 Å². The van der Waals surface area contributed by atoms with E-state index in [1.165, 1.54) is 12.1 Å². The van der Waals surface area contributed by atoms with Crippen LogP contribution in [0.25, 0.3) is 0 Å². The van der Waals surface area contributed by atoms with Crippen LogP contribution in [0.15, 0.2) is 46.8 Å². The third-order valence-corrected chi connectivity index (χ3v) is 2.63. The average Bonchev–Trinajstić information content (AvgIpc) is 2.49. The molecule has 0 aliphatic heterocycles. The van der Waals surface area contributed by atoms with Gasteiger partial charge in [-0.1, -0.05) is 6.07 Å². The second-order valence-corrected chi connectivity index (χ2v) is 4.34. The summed E-state index contributed by atoms with van der Waals surface area (Å²) < 4.78 is 37.4. The Balaban J connectivity index is 2.68. The highest BCUT2D eigenvalue weighted by Gasteiger charge is 2.30. The van der Waals surface area contributed by atoms with Crippen LogP contribution in [0.5, 0.6) is 0 Å². The van der Waals surface area contributed by atoms with Crippen molar-refractivity contribution < 1.29 is 33.6 Å². The first-order valence-corrected chi connectivity index (χ1v) is 6.15. The van der Waals surface area contributed by atoms with Crippen molar-refractivity contribution in [2.75, 3.05) is 6.61 Å². The number of azo groups is 1. The topological polar surface area (TPSA) is 106 Å².